The number of hydrogen-bond acceptors (Lipinski definition) is 4. The van der Waals surface area contributed by atoms with Gasteiger partial charge in [0.1, 0.15) is 14.4 Å². The number of rotatable bonds is 3. The summed E-state index contributed by atoms with van der Waals surface area (Å²) in [6, 6.07) is 3.09. The van der Waals surface area contributed by atoms with Crippen LogP contribution >= 0.6 is 34.5 Å². The molecule has 0 aliphatic carbocycles. The van der Waals surface area contributed by atoms with Crippen LogP contribution in [-0.2, 0) is 16.2 Å². The van der Waals surface area contributed by atoms with Gasteiger partial charge in [-0.15, -0.1) is 11.3 Å². The fourth-order valence-electron chi connectivity index (χ4n) is 3.10. The Hall–Kier alpha value is -1.07. The van der Waals surface area contributed by atoms with Gasteiger partial charge >= 0.3 is 6.18 Å². The molecule has 1 fully saturated rings. The lowest BCUT2D eigenvalue weighted by molar-refractivity contribution is -0.137. The third kappa shape index (κ3) is 4.11. The van der Waals surface area contributed by atoms with Crippen LogP contribution in [0, 0.1) is 5.82 Å². The first-order valence-electron chi connectivity index (χ1n) is 7.99. The van der Waals surface area contributed by atoms with Crippen LogP contribution < -0.4 is 4.90 Å². The van der Waals surface area contributed by atoms with Gasteiger partial charge in [0.05, 0.1) is 10.6 Å². The topological polar surface area (TPSA) is 40.6 Å². The molecule has 1 aliphatic rings. The molecule has 0 N–H and O–H groups in total. The Morgan fingerprint density at radius 2 is 1.86 bits per heavy atom. The molecule has 0 radical (unpaired) electrons. The van der Waals surface area contributed by atoms with Crippen LogP contribution in [0.1, 0.15) is 12.5 Å². The van der Waals surface area contributed by atoms with Crippen LogP contribution in [-0.4, -0.2) is 38.4 Å². The third-order valence-corrected chi connectivity index (χ3v) is 8.68. The Morgan fingerprint density at radius 3 is 2.39 bits per heavy atom. The Kier molecular flexibility index (Phi) is 5.90. The largest absolute Gasteiger partial charge is 0.418 e. The van der Waals surface area contributed by atoms with Crippen LogP contribution in [0.25, 0.3) is 0 Å². The lowest BCUT2D eigenvalue weighted by Crippen LogP contribution is -2.54. The zero-order valence-electron chi connectivity index (χ0n) is 14.3. The van der Waals surface area contributed by atoms with Crippen molar-refractivity contribution < 1.29 is 26.0 Å². The van der Waals surface area contributed by atoms with Crippen molar-refractivity contribution in [2.45, 2.75) is 23.4 Å². The molecule has 1 saturated heterocycles. The smallest absolute Gasteiger partial charge is 0.368 e. The number of hydrogen-bond donors (Lipinski definition) is 0. The molecule has 0 spiro atoms. The quantitative estimate of drug-likeness (QED) is 0.577. The van der Waals surface area contributed by atoms with E-state index in [9.17, 15) is 26.0 Å². The van der Waals surface area contributed by atoms with Gasteiger partial charge in [0, 0.05) is 31.4 Å². The summed E-state index contributed by atoms with van der Waals surface area (Å²) in [4.78, 5) is 1.41. The number of halogens is 6. The van der Waals surface area contributed by atoms with Crippen molar-refractivity contribution in [1.29, 1.82) is 0 Å². The van der Waals surface area contributed by atoms with Crippen molar-refractivity contribution in [3.05, 3.63) is 45.0 Å². The highest BCUT2D eigenvalue weighted by Crippen LogP contribution is 2.39. The first-order valence-corrected chi connectivity index (χ1v) is 11.0. The second-order valence-corrected chi connectivity index (χ2v) is 10.4. The minimum atomic E-state index is -4.73. The van der Waals surface area contributed by atoms with Gasteiger partial charge in [0.25, 0.3) is 10.0 Å². The number of nitrogens with zero attached hydrogens (tertiary/aromatic N) is 2. The number of piperazine rings is 1. The van der Waals surface area contributed by atoms with E-state index in [2.05, 4.69) is 0 Å². The molecule has 1 atom stereocenters. The summed E-state index contributed by atoms with van der Waals surface area (Å²) >= 11 is 12.5. The van der Waals surface area contributed by atoms with Crippen molar-refractivity contribution in [2.24, 2.45) is 0 Å². The maximum Gasteiger partial charge on any atom is 0.418 e. The van der Waals surface area contributed by atoms with Crippen molar-refractivity contribution >= 4 is 50.2 Å². The molecular weight excluding hydrogens is 463 g/mol. The average Bonchev–Trinajstić information content (AvgIpc) is 2.93. The molecule has 0 saturated carbocycles. The molecule has 2 heterocycles. The highest BCUT2D eigenvalue weighted by Gasteiger charge is 2.39. The minimum Gasteiger partial charge on any atom is -0.368 e. The van der Waals surface area contributed by atoms with Gasteiger partial charge in [-0.05, 0) is 31.2 Å². The Balaban J connectivity index is 1.87. The summed E-state index contributed by atoms with van der Waals surface area (Å²) in [5.74, 6) is -0.989. The molecule has 2 aromatic rings. The van der Waals surface area contributed by atoms with Gasteiger partial charge in [0.2, 0.25) is 0 Å². The molecule has 0 unspecified atom stereocenters. The SMILES string of the molecule is C[C@@H]1CN(c2ccc(F)cc2C(F)(F)F)CCN1S(=O)(=O)c1cc(Cl)c(Cl)s1. The second kappa shape index (κ2) is 7.64. The Bertz CT molecular complexity index is 976. The highest BCUT2D eigenvalue weighted by molar-refractivity contribution is 7.91. The van der Waals surface area contributed by atoms with Gasteiger partial charge in [-0.25, -0.2) is 12.8 Å². The Morgan fingerprint density at radius 1 is 1.18 bits per heavy atom. The van der Waals surface area contributed by atoms with E-state index < -0.39 is 33.6 Å². The fraction of sp³-hybridized carbons (Fsp3) is 0.375. The van der Waals surface area contributed by atoms with Crippen LogP contribution in [0.2, 0.25) is 9.36 Å². The fourth-order valence-corrected chi connectivity index (χ4v) is 6.72. The Labute approximate surface area is 173 Å². The predicted octanol–water partition coefficient (Wildman–Crippen LogP) is 5.11. The monoisotopic (exact) mass is 476 g/mol. The van der Waals surface area contributed by atoms with Crippen molar-refractivity contribution in [2.75, 3.05) is 24.5 Å². The second-order valence-electron chi connectivity index (χ2n) is 6.26. The molecule has 0 bridgehead atoms. The molecule has 12 heteroatoms. The summed E-state index contributed by atoms with van der Waals surface area (Å²) in [5.41, 5.74) is -1.27. The summed E-state index contributed by atoms with van der Waals surface area (Å²) < 4.78 is 80.2. The van der Waals surface area contributed by atoms with E-state index in [0.717, 1.165) is 23.5 Å². The van der Waals surface area contributed by atoms with E-state index in [1.807, 2.05) is 0 Å². The van der Waals surface area contributed by atoms with Gasteiger partial charge in [-0.2, -0.15) is 17.5 Å². The lowest BCUT2D eigenvalue weighted by atomic mass is 10.1. The normalized spacial score (nSPS) is 19.2. The van der Waals surface area contributed by atoms with Crippen LogP contribution in [0.3, 0.4) is 0 Å². The standard InChI is InChI=1S/C16H14Cl2F4N2O2S2/c1-9-8-23(13-3-2-10(19)6-11(13)16(20,21)22)4-5-24(9)28(25,26)14-7-12(17)15(18)27-14/h2-3,6-7,9H,4-5,8H2,1H3/t9-/m1/s1. The van der Waals surface area contributed by atoms with E-state index in [0.29, 0.717) is 6.07 Å². The molecule has 1 aliphatic heterocycles. The van der Waals surface area contributed by atoms with E-state index in [4.69, 9.17) is 23.2 Å². The molecule has 28 heavy (non-hydrogen) atoms. The van der Waals surface area contributed by atoms with E-state index >= 15 is 0 Å². The maximum absolute atomic E-state index is 13.3. The van der Waals surface area contributed by atoms with Crippen molar-refractivity contribution in [3.8, 4) is 0 Å². The lowest BCUT2D eigenvalue weighted by Gasteiger charge is -2.40. The van der Waals surface area contributed by atoms with Gasteiger partial charge in [0.15, 0.2) is 0 Å². The number of anilines is 1. The van der Waals surface area contributed by atoms with Gasteiger partial charge in [-0.1, -0.05) is 23.2 Å². The summed E-state index contributed by atoms with van der Waals surface area (Å²) in [7, 11) is -3.89. The van der Waals surface area contributed by atoms with Crippen LogP contribution in [0.5, 0.6) is 0 Å². The van der Waals surface area contributed by atoms with Gasteiger partial charge < -0.3 is 4.90 Å². The number of sulfonamides is 1. The molecule has 154 valence electrons. The van der Waals surface area contributed by atoms with E-state index in [-0.39, 0.29) is 38.9 Å². The molecule has 0 amide bonds. The zero-order valence-corrected chi connectivity index (χ0v) is 17.4. The molecular formula is C16H14Cl2F4N2O2S2. The zero-order chi connectivity index (χ0) is 20.9. The number of alkyl halides is 3. The van der Waals surface area contributed by atoms with Crippen molar-refractivity contribution in [1.82, 2.24) is 4.31 Å². The first-order chi connectivity index (χ1) is 12.9. The van der Waals surface area contributed by atoms with E-state index in [1.54, 1.807) is 6.92 Å². The van der Waals surface area contributed by atoms with Crippen LogP contribution in [0.4, 0.5) is 23.2 Å². The predicted molar refractivity (Wildman–Crippen MR) is 101 cm³/mol. The number of benzene rings is 1. The third-order valence-electron chi connectivity index (χ3n) is 4.36. The average molecular weight is 477 g/mol. The van der Waals surface area contributed by atoms with Gasteiger partial charge in [-0.3, -0.25) is 0 Å². The molecule has 4 nitrogen and oxygen atoms in total. The van der Waals surface area contributed by atoms with Crippen molar-refractivity contribution in [3.63, 3.8) is 0 Å². The first kappa shape index (κ1) is 21.6. The van der Waals surface area contributed by atoms with Crippen LogP contribution in [0.15, 0.2) is 28.5 Å². The number of thiophene rings is 1. The summed E-state index contributed by atoms with van der Waals surface area (Å²) in [6.07, 6.45) is -4.73. The minimum absolute atomic E-state index is 0.0147. The molecule has 3 rings (SSSR count). The maximum atomic E-state index is 13.3. The van der Waals surface area contributed by atoms with E-state index in [1.165, 1.54) is 15.3 Å². The summed E-state index contributed by atoms with van der Waals surface area (Å²) in [6.45, 7) is 1.59. The molecule has 1 aromatic carbocycles. The highest BCUT2D eigenvalue weighted by atomic mass is 35.5. The molecule has 1 aromatic heterocycles. The summed E-state index contributed by atoms with van der Waals surface area (Å²) in [5, 5.41) is 0.123.